The number of hydrogen-bond acceptors (Lipinski definition) is 3. The monoisotopic (exact) mass is 403 g/mol. The van der Waals surface area contributed by atoms with Gasteiger partial charge in [0, 0.05) is 45.4 Å². The van der Waals surface area contributed by atoms with Gasteiger partial charge in [0.05, 0.1) is 5.56 Å². The van der Waals surface area contributed by atoms with Gasteiger partial charge >= 0.3 is 5.97 Å². The summed E-state index contributed by atoms with van der Waals surface area (Å²) in [5, 5.41) is 16.0. The van der Waals surface area contributed by atoms with Crippen LogP contribution in [0.2, 0.25) is 0 Å². The Hall–Kier alpha value is -1.36. The molecular formula is C19H22O4Y. The second kappa shape index (κ2) is 10.5. The predicted octanol–water partition coefficient (Wildman–Crippen LogP) is 3.40. The second-order valence-electron chi connectivity index (χ2n) is 5.34. The van der Waals surface area contributed by atoms with Crippen molar-refractivity contribution in [2.75, 3.05) is 7.11 Å². The van der Waals surface area contributed by atoms with Gasteiger partial charge in [-0.1, -0.05) is 24.3 Å². The minimum absolute atomic E-state index is 0. The Bertz CT molecular complexity index is 723. The Balaban J connectivity index is 0.00000170. The molecule has 125 valence electrons. The van der Waals surface area contributed by atoms with Crippen molar-refractivity contribution in [1.29, 1.82) is 0 Å². The van der Waals surface area contributed by atoms with Crippen molar-refractivity contribution >= 4 is 11.8 Å². The van der Waals surface area contributed by atoms with Gasteiger partial charge in [0.2, 0.25) is 0 Å². The van der Waals surface area contributed by atoms with Gasteiger partial charge in [-0.3, -0.25) is 4.79 Å². The molecule has 0 atom stereocenters. The molecule has 0 amide bonds. The van der Waals surface area contributed by atoms with Crippen molar-refractivity contribution in [1.82, 2.24) is 0 Å². The summed E-state index contributed by atoms with van der Waals surface area (Å²) in [7, 11) is 1.00. The topological polar surface area (TPSA) is 74.6 Å². The molecule has 0 unspecified atom stereocenters. The molecule has 2 rings (SSSR count). The maximum Gasteiger partial charge on any atom is 0.335 e. The van der Waals surface area contributed by atoms with Crippen LogP contribution in [-0.2, 0) is 39.1 Å². The third-order valence-corrected chi connectivity index (χ3v) is 3.61. The van der Waals surface area contributed by atoms with E-state index in [4.69, 9.17) is 10.2 Å². The third-order valence-electron chi connectivity index (χ3n) is 3.61. The van der Waals surface area contributed by atoms with E-state index in [9.17, 15) is 9.59 Å². The molecule has 5 heteroatoms. The van der Waals surface area contributed by atoms with E-state index >= 15 is 0 Å². The fraction of sp³-hybridized carbons (Fsp3) is 0.263. The van der Waals surface area contributed by atoms with E-state index < -0.39 is 5.97 Å². The molecule has 0 spiro atoms. The molecule has 24 heavy (non-hydrogen) atoms. The molecule has 0 aliphatic heterocycles. The largest absolute Gasteiger partial charge is 0.478 e. The van der Waals surface area contributed by atoms with Crippen molar-refractivity contribution in [3.8, 4) is 0 Å². The van der Waals surface area contributed by atoms with Crippen LogP contribution in [0.15, 0.2) is 36.4 Å². The van der Waals surface area contributed by atoms with E-state index in [0.29, 0.717) is 12.0 Å². The van der Waals surface area contributed by atoms with Crippen LogP contribution >= 0.6 is 0 Å². The molecule has 0 aromatic heterocycles. The molecule has 0 aliphatic carbocycles. The number of carboxylic acids is 1. The third kappa shape index (κ3) is 5.93. The quantitative estimate of drug-likeness (QED) is 0.768. The second-order valence-corrected chi connectivity index (χ2v) is 5.34. The van der Waals surface area contributed by atoms with Gasteiger partial charge < -0.3 is 10.2 Å². The molecule has 0 aliphatic rings. The Labute approximate surface area is 167 Å². The van der Waals surface area contributed by atoms with E-state index in [-0.39, 0.29) is 38.5 Å². The van der Waals surface area contributed by atoms with Crippen LogP contribution in [0.4, 0.5) is 0 Å². The van der Waals surface area contributed by atoms with Crippen molar-refractivity contribution in [3.05, 3.63) is 69.8 Å². The zero-order valence-corrected chi connectivity index (χ0v) is 17.3. The minimum atomic E-state index is -0.909. The number of aryl methyl sites for hydroxylation is 2. The number of hydrogen-bond donors (Lipinski definition) is 2. The van der Waals surface area contributed by atoms with E-state index in [2.05, 4.69) is 0 Å². The van der Waals surface area contributed by atoms with Gasteiger partial charge in [0.15, 0.2) is 5.78 Å². The number of ketones is 1. The van der Waals surface area contributed by atoms with Crippen molar-refractivity contribution in [2.45, 2.75) is 27.2 Å². The van der Waals surface area contributed by atoms with E-state index in [1.165, 1.54) is 0 Å². The number of aliphatic hydroxyl groups is 1. The standard InChI is InChI=1S/C18H18O3.CH4O.Y/c1-11-4-5-15(10-17(11)13(3)19)9-14-6-7-16(18(20)21)12(2)8-14;1-2;/h4-8,10H,9H2,1-3H3,(H,20,21);2H,1H3;. The summed E-state index contributed by atoms with van der Waals surface area (Å²) in [6, 6.07) is 11.2. The first-order chi connectivity index (χ1) is 10.9. The van der Waals surface area contributed by atoms with E-state index in [1.54, 1.807) is 19.9 Å². The first-order valence-electron chi connectivity index (χ1n) is 7.26. The number of carbonyl (C=O) groups is 2. The number of carbonyl (C=O) groups excluding carboxylic acids is 1. The van der Waals surface area contributed by atoms with Gasteiger partial charge in [0.25, 0.3) is 0 Å². The van der Waals surface area contributed by atoms with Crippen LogP contribution in [-0.4, -0.2) is 29.1 Å². The average Bonchev–Trinajstić information content (AvgIpc) is 2.50. The summed E-state index contributed by atoms with van der Waals surface area (Å²) in [4.78, 5) is 22.6. The molecule has 0 saturated carbocycles. The normalized spacial score (nSPS) is 9.38. The predicted molar refractivity (Wildman–Crippen MR) is 90.3 cm³/mol. The van der Waals surface area contributed by atoms with Crippen LogP contribution in [0, 0.1) is 13.8 Å². The minimum Gasteiger partial charge on any atom is -0.478 e. The van der Waals surface area contributed by atoms with E-state index in [1.807, 2.05) is 37.3 Å². The molecule has 1 radical (unpaired) electrons. The molecule has 0 fully saturated rings. The van der Waals surface area contributed by atoms with E-state index in [0.717, 1.165) is 34.9 Å². The summed E-state index contributed by atoms with van der Waals surface area (Å²) in [5.41, 5.74) is 4.88. The summed E-state index contributed by atoms with van der Waals surface area (Å²) in [5.74, 6) is -0.847. The van der Waals surface area contributed by atoms with Crippen LogP contribution in [0.3, 0.4) is 0 Å². The maximum atomic E-state index is 11.6. The number of rotatable bonds is 4. The number of Topliss-reactive ketones (excluding diaryl/α,β-unsaturated/α-hetero) is 1. The van der Waals surface area contributed by atoms with Crippen LogP contribution < -0.4 is 0 Å². The summed E-state index contributed by atoms with van der Waals surface area (Å²) in [6.07, 6.45) is 0.682. The molecule has 0 saturated heterocycles. The van der Waals surface area contributed by atoms with Crippen molar-refractivity contribution in [2.24, 2.45) is 0 Å². The Morgan fingerprint density at radius 2 is 1.42 bits per heavy atom. The summed E-state index contributed by atoms with van der Waals surface area (Å²) in [6.45, 7) is 5.29. The number of aromatic carboxylic acids is 1. The number of aliphatic hydroxyl groups excluding tert-OH is 1. The number of benzene rings is 2. The average molecular weight is 403 g/mol. The Morgan fingerprint density at radius 1 is 0.875 bits per heavy atom. The first kappa shape index (κ1) is 22.6. The zero-order chi connectivity index (χ0) is 17.6. The van der Waals surface area contributed by atoms with Gasteiger partial charge in [0.1, 0.15) is 0 Å². The van der Waals surface area contributed by atoms with Crippen LogP contribution in [0.1, 0.15) is 49.9 Å². The Morgan fingerprint density at radius 3 is 1.92 bits per heavy atom. The van der Waals surface area contributed by atoms with Gasteiger partial charge in [-0.25, -0.2) is 4.79 Å². The smallest absolute Gasteiger partial charge is 0.335 e. The molecule has 2 N–H and O–H groups in total. The SMILES string of the molecule is CC(=O)c1cc(Cc2ccc(C(=O)O)c(C)c2)ccc1C.CO.[Y]. The van der Waals surface area contributed by atoms with Crippen molar-refractivity contribution < 1.29 is 52.5 Å². The van der Waals surface area contributed by atoms with Crippen LogP contribution in [0.5, 0.6) is 0 Å². The van der Waals surface area contributed by atoms with Gasteiger partial charge in [-0.2, -0.15) is 0 Å². The molecule has 0 bridgehead atoms. The van der Waals surface area contributed by atoms with Crippen molar-refractivity contribution in [3.63, 3.8) is 0 Å². The first-order valence-corrected chi connectivity index (χ1v) is 7.26. The zero-order valence-electron chi connectivity index (χ0n) is 14.5. The fourth-order valence-electron chi connectivity index (χ4n) is 2.47. The molecule has 0 heterocycles. The maximum absolute atomic E-state index is 11.6. The summed E-state index contributed by atoms with van der Waals surface area (Å²) < 4.78 is 0. The molecule has 4 nitrogen and oxygen atoms in total. The Kier molecular flexibility index (Phi) is 9.90. The molecule has 2 aromatic carbocycles. The fourth-order valence-corrected chi connectivity index (χ4v) is 2.47. The summed E-state index contributed by atoms with van der Waals surface area (Å²) >= 11 is 0. The number of carboxylic acid groups (broad SMARTS) is 1. The van der Waals surface area contributed by atoms with Gasteiger partial charge in [-0.15, -0.1) is 0 Å². The van der Waals surface area contributed by atoms with Crippen LogP contribution in [0.25, 0.3) is 0 Å². The van der Waals surface area contributed by atoms with Gasteiger partial charge in [-0.05, 0) is 61.6 Å². The molecular weight excluding hydrogens is 381 g/mol. The molecule has 2 aromatic rings.